The molecule has 1 N–H and O–H groups in total. The van der Waals surface area contributed by atoms with Gasteiger partial charge in [-0.3, -0.25) is 9.59 Å². The van der Waals surface area contributed by atoms with Gasteiger partial charge >= 0.3 is 0 Å². The Labute approximate surface area is 199 Å². The molecule has 34 heavy (non-hydrogen) atoms. The number of ketones is 1. The Bertz CT molecular complexity index is 1060. The average Bonchev–Trinajstić information content (AvgIpc) is 3.11. The normalized spacial score (nSPS) is 17.2. The summed E-state index contributed by atoms with van der Waals surface area (Å²) < 4.78 is 21.6. The molecule has 0 spiro atoms. The first-order valence-electron chi connectivity index (χ1n) is 11.2. The Hall–Kier alpha value is -3.52. The van der Waals surface area contributed by atoms with E-state index in [1.54, 1.807) is 42.5 Å². The van der Waals surface area contributed by atoms with Crippen LogP contribution in [-0.4, -0.2) is 62.8 Å². The van der Waals surface area contributed by atoms with E-state index in [9.17, 15) is 14.7 Å². The van der Waals surface area contributed by atoms with Gasteiger partial charge in [-0.15, -0.1) is 0 Å². The Morgan fingerprint density at radius 2 is 1.76 bits per heavy atom. The number of nitrogens with zero attached hydrogens (tertiary/aromatic N) is 1. The van der Waals surface area contributed by atoms with E-state index in [0.29, 0.717) is 35.0 Å². The molecule has 8 heteroatoms. The fraction of sp³-hybridized carbons (Fsp3) is 0.385. The topological polar surface area (TPSA) is 94.5 Å². The highest BCUT2D eigenvalue weighted by molar-refractivity contribution is 6.46. The molecule has 1 atom stereocenters. The molecule has 2 aromatic rings. The van der Waals surface area contributed by atoms with Crippen molar-refractivity contribution in [3.63, 3.8) is 0 Å². The van der Waals surface area contributed by atoms with Crippen LogP contribution in [0, 0.1) is 0 Å². The van der Waals surface area contributed by atoms with Gasteiger partial charge in [-0.05, 0) is 36.2 Å². The van der Waals surface area contributed by atoms with E-state index >= 15 is 0 Å². The molecule has 1 fully saturated rings. The van der Waals surface area contributed by atoms with Gasteiger partial charge in [0.05, 0.1) is 39.0 Å². The van der Waals surface area contributed by atoms with Crippen molar-refractivity contribution >= 4 is 17.4 Å². The van der Waals surface area contributed by atoms with Crippen molar-refractivity contribution < 1.29 is 33.6 Å². The van der Waals surface area contributed by atoms with Gasteiger partial charge < -0.3 is 29.0 Å². The fourth-order valence-corrected chi connectivity index (χ4v) is 3.89. The van der Waals surface area contributed by atoms with Gasteiger partial charge in [0.1, 0.15) is 11.5 Å². The minimum absolute atomic E-state index is 0.000897. The van der Waals surface area contributed by atoms with Gasteiger partial charge in [-0.25, -0.2) is 0 Å². The summed E-state index contributed by atoms with van der Waals surface area (Å²) in [7, 11) is 4.55. The van der Waals surface area contributed by atoms with Crippen molar-refractivity contribution in [3.05, 3.63) is 59.2 Å². The fourth-order valence-electron chi connectivity index (χ4n) is 3.89. The number of amides is 1. The zero-order valence-corrected chi connectivity index (χ0v) is 20.0. The molecule has 3 rings (SSSR count). The number of rotatable bonds is 11. The number of aliphatic hydroxyl groups is 1. The highest BCUT2D eigenvalue weighted by Gasteiger charge is 2.46. The van der Waals surface area contributed by atoms with Gasteiger partial charge in [0.25, 0.3) is 11.7 Å². The van der Waals surface area contributed by atoms with Gasteiger partial charge in [0.2, 0.25) is 0 Å². The summed E-state index contributed by atoms with van der Waals surface area (Å²) in [6.07, 6.45) is 1.90. The molecule has 0 saturated carbocycles. The molecule has 1 heterocycles. The lowest BCUT2D eigenvalue weighted by molar-refractivity contribution is -0.140. The van der Waals surface area contributed by atoms with E-state index in [-0.39, 0.29) is 24.5 Å². The summed E-state index contributed by atoms with van der Waals surface area (Å²) in [4.78, 5) is 27.5. The van der Waals surface area contributed by atoms with Crippen molar-refractivity contribution in [3.8, 4) is 17.2 Å². The molecule has 1 amide bonds. The van der Waals surface area contributed by atoms with Crippen LogP contribution < -0.4 is 14.2 Å². The number of methoxy groups -OCH3 is 3. The Morgan fingerprint density at radius 3 is 2.44 bits per heavy atom. The first-order valence-corrected chi connectivity index (χ1v) is 11.2. The van der Waals surface area contributed by atoms with Crippen molar-refractivity contribution in [2.75, 3.05) is 41.1 Å². The van der Waals surface area contributed by atoms with Gasteiger partial charge in [-0.1, -0.05) is 31.5 Å². The van der Waals surface area contributed by atoms with Crippen LogP contribution in [0.15, 0.2) is 48.0 Å². The molecule has 2 aromatic carbocycles. The standard InChI is InChI=1S/C26H31NO7/c1-5-6-13-34-19-9-7-8-18(15-19)24(28)22-23(27(12-14-31-2)26(30)25(22)29)17-10-11-20(32-3)21(16-17)33-4/h7-11,15-16,23,28H,5-6,12-14H2,1-4H3. The van der Waals surface area contributed by atoms with E-state index in [1.807, 2.05) is 0 Å². The number of hydrogen-bond acceptors (Lipinski definition) is 7. The van der Waals surface area contributed by atoms with Gasteiger partial charge in [-0.2, -0.15) is 0 Å². The second-order valence-corrected chi connectivity index (χ2v) is 7.83. The Balaban J connectivity index is 2.11. The summed E-state index contributed by atoms with van der Waals surface area (Å²) in [5.74, 6) is -0.187. The molecule has 1 aliphatic heterocycles. The molecule has 182 valence electrons. The Kier molecular flexibility index (Phi) is 8.54. The number of aliphatic hydroxyl groups excluding tert-OH is 1. The molecular formula is C26H31NO7. The van der Waals surface area contributed by atoms with Crippen LogP contribution >= 0.6 is 0 Å². The van der Waals surface area contributed by atoms with Crippen LogP contribution in [0.5, 0.6) is 17.2 Å². The van der Waals surface area contributed by atoms with Crippen molar-refractivity contribution in [1.29, 1.82) is 0 Å². The first kappa shape index (κ1) is 25.1. The SMILES string of the molecule is CCCCOc1cccc(C(O)=C2C(=O)C(=O)N(CCOC)C2c2ccc(OC)c(OC)c2)c1. The van der Waals surface area contributed by atoms with E-state index in [1.165, 1.54) is 26.2 Å². The third-order valence-electron chi connectivity index (χ3n) is 5.67. The number of carbonyl (C=O) groups excluding carboxylic acids is 2. The smallest absolute Gasteiger partial charge is 0.295 e. The second-order valence-electron chi connectivity index (χ2n) is 7.83. The number of unbranched alkanes of at least 4 members (excludes halogenated alkanes) is 1. The maximum Gasteiger partial charge on any atom is 0.295 e. The summed E-state index contributed by atoms with van der Waals surface area (Å²) in [5.41, 5.74) is 0.994. The third-order valence-corrected chi connectivity index (χ3v) is 5.67. The van der Waals surface area contributed by atoms with Crippen LogP contribution in [0.3, 0.4) is 0 Å². The van der Waals surface area contributed by atoms with E-state index in [4.69, 9.17) is 18.9 Å². The van der Waals surface area contributed by atoms with Crippen LogP contribution in [0.25, 0.3) is 5.76 Å². The maximum atomic E-state index is 13.1. The lowest BCUT2D eigenvalue weighted by Crippen LogP contribution is -2.32. The summed E-state index contributed by atoms with van der Waals surface area (Å²) in [6.45, 7) is 3.03. The second kappa shape index (κ2) is 11.6. The number of carbonyl (C=O) groups is 2. The number of ether oxygens (including phenoxy) is 4. The Morgan fingerprint density at radius 1 is 1.00 bits per heavy atom. The molecule has 0 bridgehead atoms. The van der Waals surface area contributed by atoms with Gasteiger partial charge in [0.15, 0.2) is 11.5 Å². The molecule has 0 radical (unpaired) electrons. The van der Waals surface area contributed by atoms with E-state index in [0.717, 1.165) is 12.8 Å². The minimum atomic E-state index is -0.820. The third kappa shape index (κ3) is 5.17. The van der Waals surface area contributed by atoms with Crippen LogP contribution in [0.2, 0.25) is 0 Å². The zero-order valence-electron chi connectivity index (χ0n) is 20.0. The summed E-state index contributed by atoms with van der Waals surface area (Å²) in [6, 6.07) is 11.2. The summed E-state index contributed by atoms with van der Waals surface area (Å²) in [5, 5.41) is 11.2. The zero-order chi connectivity index (χ0) is 24.7. The quantitative estimate of drug-likeness (QED) is 0.230. The van der Waals surface area contributed by atoms with Crippen molar-refractivity contribution in [1.82, 2.24) is 4.90 Å². The largest absolute Gasteiger partial charge is 0.507 e. The van der Waals surface area contributed by atoms with E-state index < -0.39 is 17.7 Å². The molecule has 0 aromatic heterocycles. The lowest BCUT2D eigenvalue weighted by Gasteiger charge is -2.25. The van der Waals surface area contributed by atoms with E-state index in [2.05, 4.69) is 6.92 Å². The van der Waals surface area contributed by atoms with Gasteiger partial charge in [0, 0.05) is 19.2 Å². The average molecular weight is 470 g/mol. The molecule has 1 aliphatic rings. The lowest BCUT2D eigenvalue weighted by atomic mass is 9.95. The molecular weight excluding hydrogens is 438 g/mol. The van der Waals surface area contributed by atoms with Crippen LogP contribution in [-0.2, 0) is 14.3 Å². The monoisotopic (exact) mass is 469 g/mol. The predicted octanol–water partition coefficient (Wildman–Crippen LogP) is 3.95. The van der Waals surface area contributed by atoms with Crippen LogP contribution in [0.4, 0.5) is 0 Å². The molecule has 1 unspecified atom stereocenters. The number of benzene rings is 2. The maximum absolute atomic E-state index is 13.1. The number of hydrogen-bond donors (Lipinski definition) is 1. The molecule has 0 aliphatic carbocycles. The summed E-state index contributed by atoms with van der Waals surface area (Å²) >= 11 is 0. The number of likely N-dealkylation sites (tertiary alicyclic amines) is 1. The first-order chi connectivity index (χ1) is 16.5. The predicted molar refractivity (Wildman–Crippen MR) is 127 cm³/mol. The number of Topliss-reactive ketones (excluding diaryl/α,β-unsaturated/α-hetero) is 1. The highest BCUT2D eigenvalue weighted by Crippen LogP contribution is 2.42. The molecule has 8 nitrogen and oxygen atoms in total. The minimum Gasteiger partial charge on any atom is -0.507 e. The molecule has 1 saturated heterocycles. The van der Waals surface area contributed by atoms with Crippen molar-refractivity contribution in [2.45, 2.75) is 25.8 Å². The van der Waals surface area contributed by atoms with Crippen LogP contribution in [0.1, 0.15) is 36.9 Å². The highest BCUT2D eigenvalue weighted by atomic mass is 16.5. The van der Waals surface area contributed by atoms with Crippen molar-refractivity contribution in [2.24, 2.45) is 0 Å².